The Kier molecular flexibility index (Phi) is 1.88. The van der Waals surface area contributed by atoms with E-state index in [0.717, 1.165) is 11.1 Å². The number of carbonyl (C=O) groups excluding carboxylic acids is 1. The largest absolute Gasteiger partial charge is 0.481 e. The van der Waals surface area contributed by atoms with Crippen LogP contribution in [0.1, 0.15) is 36.4 Å². The minimum atomic E-state index is -0.985. The summed E-state index contributed by atoms with van der Waals surface area (Å²) in [6, 6.07) is 7.45. The second-order valence-electron chi connectivity index (χ2n) is 5.05. The third kappa shape index (κ3) is 1.18. The molecule has 0 spiro atoms. The maximum absolute atomic E-state index is 12.0. The van der Waals surface area contributed by atoms with Crippen LogP contribution in [-0.4, -0.2) is 17.0 Å². The van der Waals surface area contributed by atoms with Crippen molar-refractivity contribution in [1.29, 1.82) is 0 Å². The number of benzene rings is 1. The second kappa shape index (κ2) is 3.09. The van der Waals surface area contributed by atoms with E-state index in [2.05, 4.69) is 5.32 Å². The Morgan fingerprint density at radius 3 is 2.71 bits per heavy atom. The molecule has 4 nitrogen and oxygen atoms in total. The first-order valence-electron chi connectivity index (χ1n) is 5.66. The van der Waals surface area contributed by atoms with Crippen molar-refractivity contribution in [3.8, 4) is 0 Å². The molecule has 4 rings (SSSR count). The number of hydrogen-bond donors (Lipinski definition) is 2. The smallest absolute Gasteiger partial charge is 0.310 e. The molecule has 2 aliphatic heterocycles. The van der Waals surface area contributed by atoms with Crippen LogP contribution in [0.5, 0.6) is 0 Å². The van der Waals surface area contributed by atoms with Gasteiger partial charge in [0.25, 0.3) is 0 Å². The molecule has 1 amide bonds. The summed E-state index contributed by atoms with van der Waals surface area (Å²) in [4.78, 5) is 23.4. The van der Waals surface area contributed by atoms with Gasteiger partial charge in [0.2, 0.25) is 5.91 Å². The number of nitrogens with one attached hydrogen (secondary N) is 1. The predicted molar refractivity (Wildman–Crippen MR) is 60.4 cm³/mol. The maximum atomic E-state index is 12.0. The molecule has 1 saturated heterocycles. The summed E-state index contributed by atoms with van der Waals surface area (Å²) >= 11 is 0. The van der Waals surface area contributed by atoms with Crippen molar-refractivity contribution in [3.05, 3.63) is 35.4 Å². The summed E-state index contributed by atoms with van der Waals surface area (Å²) in [5, 5.41) is 12.3. The lowest BCUT2D eigenvalue weighted by atomic mass is 9.60. The molecule has 1 aromatic rings. The fourth-order valence-electron chi connectivity index (χ4n) is 3.11. The number of aliphatic carboxylic acids is 1. The van der Waals surface area contributed by atoms with Gasteiger partial charge in [-0.25, -0.2) is 0 Å². The Morgan fingerprint density at radius 2 is 2.06 bits per heavy atom. The van der Waals surface area contributed by atoms with Crippen molar-refractivity contribution in [3.63, 3.8) is 0 Å². The Balaban J connectivity index is 2.22. The van der Waals surface area contributed by atoms with Crippen LogP contribution in [0.25, 0.3) is 0 Å². The Hall–Kier alpha value is -1.84. The number of hydrogen-bond acceptors (Lipinski definition) is 2. The number of carbonyl (C=O) groups is 2. The zero-order chi connectivity index (χ0) is 12.2. The van der Waals surface area contributed by atoms with Gasteiger partial charge in [0.1, 0.15) is 0 Å². The van der Waals surface area contributed by atoms with E-state index in [-0.39, 0.29) is 11.9 Å². The highest BCUT2D eigenvalue weighted by Crippen LogP contribution is 2.53. The third-order valence-corrected chi connectivity index (χ3v) is 4.01. The van der Waals surface area contributed by atoms with Gasteiger partial charge in [0.05, 0.1) is 17.4 Å². The van der Waals surface area contributed by atoms with Gasteiger partial charge >= 0.3 is 5.97 Å². The fourth-order valence-corrected chi connectivity index (χ4v) is 3.11. The molecular formula is C13H13NO3. The number of piperidine rings is 1. The van der Waals surface area contributed by atoms with E-state index in [9.17, 15) is 14.7 Å². The van der Waals surface area contributed by atoms with Crippen LogP contribution in [0, 0.1) is 5.41 Å². The zero-order valence-corrected chi connectivity index (χ0v) is 9.43. The van der Waals surface area contributed by atoms with Crippen LogP contribution >= 0.6 is 0 Å². The number of rotatable bonds is 1. The average Bonchev–Trinajstić information content (AvgIpc) is 2.28. The average molecular weight is 231 g/mol. The Labute approximate surface area is 98.6 Å². The molecule has 3 aliphatic rings. The highest BCUT2D eigenvalue weighted by molar-refractivity contribution is 5.95. The number of fused-ring (bicyclic) bond motifs is 2. The fraction of sp³-hybridized carbons (Fsp3) is 0.385. The van der Waals surface area contributed by atoms with E-state index in [1.54, 1.807) is 6.92 Å². The minimum Gasteiger partial charge on any atom is -0.481 e. The van der Waals surface area contributed by atoms with Crippen molar-refractivity contribution in [2.45, 2.75) is 25.3 Å². The second-order valence-corrected chi connectivity index (χ2v) is 5.05. The number of carboxylic acids is 1. The quantitative estimate of drug-likeness (QED) is 0.768. The lowest BCUT2D eigenvalue weighted by Gasteiger charge is -2.47. The van der Waals surface area contributed by atoms with Gasteiger partial charge in [0.15, 0.2) is 0 Å². The molecule has 1 aromatic carbocycles. The van der Waals surface area contributed by atoms with E-state index >= 15 is 0 Å². The van der Waals surface area contributed by atoms with Gasteiger partial charge < -0.3 is 10.4 Å². The molecule has 3 atom stereocenters. The first kappa shape index (κ1) is 10.3. The molecule has 2 heterocycles. The van der Waals surface area contributed by atoms with Crippen LogP contribution in [0.4, 0.5) is 0 Å². The van der Waals surface area contributed by atoms with Gasteiger partial charge in [-0.15, -0.1) is 0 Å². The standard InChI is InChI=1S/C13H13NO3/c1-13(12(16)17)6-9-7-4-2-3-5-8(7)10(13)11(15)14-9/h2-5,9-10H,6H2,1H3,(H,14,15)(H,16,17)/t9-,10?,13+/m0/s1. The van der Waals surface area contributed by atoms with Crippen molar-refractivity contribution in [2.75, 3.05) is 0 Å². The van der Waals surface area contributed by atoms with E-state index in [4.69, 9.17) is 0 Å². The van der Waals surface area contributed by atoms with E-state index in [1.165, 1.54) is 0 Å². The summed E-state index contributed by atoms with van der Waals surface area (Å²) in [5.41, 5.74) is 0.953. The molecule has 4 heteroatoms. The number of amides is 1. The van der Waals surface area contributed by atoms with Gasteiger partial charge in [-0.1, -0.05) is 24.3 Å². The van der Waals surface area contributed by atoms with Gasteiger partial charge in [-0.2, -0.15) is 0 Å². The summed E-state index contributed by atoms with van der Waals surface area (Å²) < 4.78 is 0. The molecule has 1 fully saturated rings. The molecule has 17 heavy (non-hydrogen) atoms. The first-order valence-corrected chi connectivity index (χ1v) is 5.66. The van der Waals surface area contributed by atoms with E-state index in [0.29, 0.717) is 6.42 Å². The van der Waals surface area contributed by atoms with Gasteiger partial charge in [0, 0.05) is 0 Å². The van der Waals surface area contributed by atoms with E-state index < -0.39 is 17.3 Å². The number of carboxylic acid groups (broad SMARTS) is 1. The molecular weight excluding hydrogens is 218 g/mol. The van der Waals surface area contributed by atoms with Crippen LogP contribution in [0.15, 0.2) is 24.3 Å². The molecule has 0 saturated carbocycles. The molecule has 1 aliphatic carbocycles. The molecule has 0 radical (unpaired) electrons. The highest BCUT2D eigenvalue weighted by atomic mass is 16.4. The van der Waals surface area contributed by atoms with Crippen LogP contribution in [0.3, 0.4) is 0 Å². The van der Waals surface area contributed by atoms with Crippen molar-refractivity contribution >= 4 is 11.9 Å². The third-order valence-electron chi connectivity index (χ3n) is 4.01. The Morgan fingerprint density at radius 1 is 1.41 bits per heavy atom. The maximum Gasteiger partial charge on any atom is 0.310 e. The zero-order valence-electron chi connectivity index (χ0n) is 9.43. The predicted octanol–water partition coefficient (Wildman–Crippen LogP) is 1.44. The summed E-state index contributed by atoms with van der Waals surface area (Å²) in [6.07, 6.45) is 0.468. The van der Waals surface area contributed by atoms with Crippen molar-refractivity contribution in [1.82, 2.24) is 5.32 Å². The molecule has 2 N–H and O–H groups in total. The molecule has 2 bridgehead atoms. The van der Waals surface area contributed by atoms with Gasteiger partial charge in [-0.3, -0.25) is 9.59 Å². The lowest BCUT2D eigenvalue weighted by Crippen LogP contribution is -2.55. The molecule has 0 aromatic heterocycles. The SMILES string of the molecule is C[C@@]1(C(=O)O)C[C@@H]2NC(=O)C1c1ccccc12. The van der Waals surface area contributed by atoms with Crippen LogP contribution in [-0.2, 0) is 9.59 Å². The monoisotopic (exact) mass is 231 g/mol. The normalized spacial score (nSPS) is 34.1. The highest BCUT2D eigenvalue weighted by Gasteiger charge is 2.56. The van der Waals surface area contributed by atoms with E-state index in [1.807, 2.05) is 24.3 Å². The van der Waals surface area contributed by atoms with Gasteiger partial charge in [-0.05, 0) is 24.5 Å². The van der Waals surface area contributed by atoms with Crippen LogP contribution in [0.2, 0.25) is 0 Å². The Bertz CT molecular complexity index is 525. The molecule has 88 valence electrons. The summed E-state index contributed by atoms with van der Waals surface area (Å²) in [6.45, 7) is 1.67. The summed E-state index contributed by atoms with van der Waals surface area (Å²) in [5.74, 6) is -1.62. The molecule has 1 unspecified atom stereocenters. The van der Waals surface area contributed by atoms with Crippen molar-refractivity contribution < 1.29 is 14.7 Å². The summed E-state index contributed by atoms with van der Waals surface area (Å²) in [7, 11) is 0. The first-order chi connectivity index (χ1) is 8.04. The van der Waals surface area contributed by atoms with Crippen LogP contribution < -0.4 is 5.32 Å². The topological polar surface area (TPSA) is 66.4 Å². The lowest BCUT2D eigenvalue weighted by molar-refractivity contribution is -0.157. The van der Waals surface area contributed by atoms with Crippen molar-refractivity contribution in [2.24, 2.45) is 5.41 Å². The minimum absolute atomic E-state index is 0.162.